The molecule has 0 aliphatic carbocycles. The fraction of sp³-hybridized carbons (Fsp3) is 0.647. The van der Waals surface area contributed by atoms with Crippen molar-refractivity contribution in [2.75, 3.05) is 13.2 Å². The second kappa shape index (κ2) is 21.9. The summed E-state index contributed by atoms with van der Waals surface area (Å²) in [7, 11) is -3.75. The second-order valence-corrected chi connectivity index (χ2v) is 13.2. The lowest BCUT2D eigenvalue weighted by Gasteiger charge is -2.22. The highest BCUT2D eigenvalue weighted by Gasteiger charge is 2.40. The molecule has 0 amide bonds. The molecule has 0 heterocycles. The molecule has 0 saturated carbocycles. The van der Waals surface area contributed by atoms with E-state index in [0.29, 0.717) is 36.8 Å². The van der Waals surface area contributed by atoms with E-state index in [0.717, 1.165) is 37.8 Å². The zero-order valence-corrected chi connectivity index (χ0v) is 28.8. The van der Waals surface area contributed by atoms with Crippen molar-refractivity contribution in [1.82, 2.24) is 0 Å². The third-order valence-corrected chi connectivity index (χ3v) is 7.52. The van der Waals surface area contributed by atoms with Crippen LogP contribution in [0.5, 0.6) is 0 Å². The lowest BCUT2D eigenvalue weighted by Crippen LogP contribution is -2.37. The molecule has 0 aromatic carbocycles. The molecule has 0 saturated heterocycles. The van der Waals surface area contributed by atoms with E-state index in [2.05, 4.69) is 21.2 Å². The summed E-state index contributed by atoms with van der Waals surface area (Å²) in [5, 5.41) is 20.0. The molecule has 10 heteroatoms. The Bertz CT molecular complexity index is 984. The van der Waals surface area contributed by atoms with Gasteiger partial charge in [0.1, 0.15) is 25.4 Å². The van der Waals surface area contributed by atoms with E-state index >= 15 is 0 Å². The van der Waals surface area contributed by atoms with Gasteiger partial charge in [0.05, 0.1) is 0 Å². The van der Waals surface area contributed by atoms with Crippen LogP contribution in [0.2, 0.25) is 0 Å². The van der Waals surface area contributed by atoms with E-state index in [1.807, 2.05) is 53.7 Å². The van der Waals surface area contributed by atoms with E-state index in [9.17, 15) is 32.3 Å². The Labute approximate surface area is 263 Å². The smallest absolute Gasteiger partial charge is 0.319 e. The van der Waals surface area contributed by atoms with E-state index in [1.54, 1.807) is 13.8 Å². The Morgan fingerprint density at radius 1 is 0.591 bits per heavy atom. The first-order valence-electron chi connectivity index (χ1n) is 15.2. The van der Waals surface area contributed by atoms with Crippen LogP contribution in [-0.4, -0.2) is 47.5 Å². The van der Waals surface area contributed by atoms with Crippen molar-refractivity contribution in [2.24, 2.45) is 0 Å². The highest BCUT2D eigenvalue weighted by atomic mass is 31.1. The number of halogens is 4. The quantitative estimate of drug-likeness (QED) is 0.0693. The predicted octanol–water partition coefficient (Wildman–Crippen LogP) is 10.2. The lowest BCUT2D eigenvalue weighted by molar-refractivity contribution is -0.122. The highest BCUT2D eigenvalue weighted by molar-refractivity contribution is 7.33. The minimum atomic E-state index is -3.82. The van der Waals surface area contributed by atoms with Gasteiger partial charge in [0.2, 0.25) is 0 Å². The molecule has 0 rings (SSSR count). The van der Waals surface area contributed by atoms with E-state index in [4.69, 9.17) is 0 Å². The van der Waals surface area contributed by atoms with Crippen molar-refractivity contribution in [3.05, 3.63) is 69.9 Å². The standard InChI is InChI=1S/C34H55F4O5P/c1-25(2)13-9-15-27(5)17-11-19-29(7)21-31(39)33(35,36)23-42-44(41)43-24-34(37,38)32(40)22-30(8)20-12-18-28(6)16-10-14-26(3)4/h13-14,17-18,21-22,31-32,39-40,44H,9-12,15-16,19-20,23-24H2,1-8H3/b27-17+,28-18+,29-21+,30-22+. The molecule has 2 unspecified atom stereocenters. The molecule has 0 aliphatic heterocycles. The number of rotatable bonds is 22. The maximum atomic E-state index is 14.4. The van der Waals surface area contributed by atoms with Crippen LogP contribution in [0.15, 0.2) is 69.9 Å². The summed E-state index contributed by atoms with van der Waals surface area (Å²) in [4.78, 5) is 0. The third-order valence-electron chi connectivity index (χ3n) is 6.76. The molecule has 5 nitrogen and oxygen atoms in total. The number of hydrogen-bond donors (Lipinski definition) is 2. The van der Waals surface area contributed by atoms with Crippen LogP contribution in [0.4, 0.5) is 17.6 Å². The number of aliphatic hydroxyl groups excluding tert-OH is 2. The largest absolute Gasteiger partial charge is 0.383 e. The van der Waals surface area contributed by atoms with Crippen LogP contribution in [-0.2, 0) is 13.6 Å². The van der Waals surface area contributed by atoms with Crippen LogP contribution in [0, 0.1) is 0 Å². The van der Waals surface area contributed by atoms with Gasteiger partial charge >= 0.3 is 8.25 Å². The first kappa shape index (κ1) is 42.2. The molecule has 2 atom stereocenters. The van der Waals surface area contributed by atoms with Crippen LogP contribution in [0.3, 0.4) is 0 Å². The Hall–Kier alpha value is -1.77. The number of alkyl halides is 4. The van der Waals surface area contributed by atoms with Crippen molar-refractivity contribution in [3.63, 3.8) is 0 Å². The first-order chi connectivity index (χ1) is 20.4. The molecule has 0 fully saturated rings. The number of aliphatic hydroxyl groups is 2. The lowest BCUT2D eigenvalue weighted by atomic mass is 10.0. The van der Waals surface area contributed by atoms with Gasteiger partial charge in [0.15, 0.2) is 0 Å². The average Bonchev–Trinajstić information content (AvgIpc) is 2.90. The molecule has 2 N–H and O–H groups in total. The molecule has 0 radical (unpaired) electrons. The summed E-state index contributed by atoms with van der Waals surface area (Å²) in [5.41, 5.74) is 5.95. The summed E-state index contributed by atoms with van der Waals surface area (Å²) < 4.78 is 78.3. The van der Waals surface area contributed by atoms with E-state index in [-0.39, 0.29) is 0 Å². The molecule has 0 aromatic rings. The molecular formula is C34H55F4O5P. The fourth-order valence-corrected chi connectivity index (χ4v) is 4.65. The maximum absolute atomic E-state index is 14.4. The summed E-state index contributed by atoms with van der Waals surface area (Å²) in [6, 6.07) is 0. The minimum Gasteiger partial charge on any atom is -0.383 e. The first-order valence-corrected chi connectivity index (χ1v) is 16.4. The Balaban J connectivity index is 4.71. The number of allylic oxidation sites excluding steroid dienone is 10. The monoisotopic (exact) mass is 650 g/mol. The molecule has 44 heavy (non-hydrogen) atoms. The Morgan fingerprint density at radius 3 is 1.20 bits per heavy atom. The molecule has 0 aromatic heterocycles. The molecule has 254 valence electrons. The van der Waals surface area contributed by atoms with E-state index in [1.165, 1.54) is 22.3 Å². The molecule has 0 spiro atoms. The molecule has 0 bridgehead atoms. The van der Waals surface area contributed by atoms with Crippen molar-refractivity contribution < 1.29 is 41.4 Å². The topological polar surface area (TPSA) is 76.0 Å². The summed E-state index contributed by atoms with van der Waals surface area (Å²) in [6.07, 6.45) is 11.8. The van der Waals surface area contributed by atoms with Crippen LogP contribution >= 0.6 is 8.25 Å². The van der Waals surface area contributed by atoms with Crippen LogP contribution < -0.4 is 0 Å². The van der Waals surface area contributed by atoms with Crippen LogP contribution in [0.25, 0.3) is 0 Å². The summed E-state index contributed by atoms with van der Waals surface area (Å²) in [5.74, 6) is -7.64. The molecular weight excluding hydrogens is 595 g/mol. The van der Waals surface area contributed by atoms with E-state index < -0.39 is 45.5 Å². The fourth-order valence-electron chi connectivity index (χ4n) is 3.95. The average molecular weight is 651 g/mol. The zero-order chi connectivity index (χ0) is 33.9. The van der Waals surface area contributed by atoms with Crippen molar-refractivity contribution in [3.8, 4) is 0 Å². The zero-order valence-electron chi connectivity index (χ0n) is 27.8. The van der Waals surface area contributed by atoms with Gasteiger partial charge in [-0.2, -0.15) is 0 Å². The number of hydrogen-bond acceptors (Lipinski definition) is 5. The van der Waals surface area contributed by atoms with Gasteiger partial charge in [-0.3, -0.25) is 4.57 Å². The normalized spacial score (nSPS) is 16.0. The third kappa shape index (κ3) is 21.1. The second-order valence-electron chi connectivity index (χ2n) is 12.1. The summed E-state index contributed by atoms with van der Waals surface area (Å²) in [6.45, 7) is 12.4. The molecule has 0 aliphatic rings. The predicted molar refractivity (Wildman–Crippen MR) is 174 cm³/mol. The maximum Gasteiger partial charge on any atom is 0.319 e. The van der Waals surface area contributed by atoms with Crippen molar-refractivity contribution in [1.29, 1.82) is 0 Å². The summed E-state index contributed by atoms with van der Waals surface area (Å²) >= 11 is 0. The Morgan fingerprint density at radius 2 is 0.886 bits per heavy atom. The van der Waals surface area contributed by atoms with Gasteiger partial charge in [-0.1, -0.05) is 69.9 Å². The van der Waals surface area contributed by atoms with Gasteiger partial charge in [0, 0.05) is 0 Å². The minimum absolute atomic E-state index is 0.464. The van der Waals surface area contributed by atoms with Crippen molar-refractivity contribution in [2.45, 2.75) is 131 Å². The van der Waals surface area contributed by atoms with Gasteiger partial charge < -0.3 is 19.3 Å². The van der Waals surface area contributed by atoms with Gasteiger partial charge in [-0.05, 0) is 107 Å². The highest BCUT2D eigenvalue weighted by Crippen LogP contribution is 2.33. The van der Waals surface area contributed by atoms with Gasteiger partial charge in [-0.25, -0.2) is 17.6 Å². The van der Waals surface area contributed by atoms with Crippen LogP contribution in [0.1, 0.15) is 107 Å². The van der Waals surface area contributed by atoms with Gasteiger partial charge in [-0.15, -0.1) is 0 Å². The van der Waals surface area contributed by atoms with Crippen molar-refractivity contribution >= 4 is 8.25 Å². The Kier molecular flexibility index (Phi) is 21.0. The SMILES string of the molecule is CC(C)=CCC/C(C)=C/CC/C(C)=C/C(O)C(F)(F)CO[PH](=O)OCC(F)(F)C(O)/C=C(\C)CC/C=C(\C)CCC=C(C)C. The van der Waals surface area contributed by atoms with Gasteiger partial charge in [0.25, 0.3) is 11.8 Å².